The largest absolute Gasteiger partial charge is 0.376 e. The lowest BCUT2D eigenvalue weighted by Crippen LogP contribution is -2.27. The second-order valence-electron chi connectivity index (χ2n) is 8.38. The standard InChI is InChI=1S/C25H24N4O3S2/c1-16-7-9-17(10-8-16)15-29-24(31)20(34-25(29)33)13-19-22(26-14-18-5-4-12-32-18)27-21-6-2-3-11-28(21)23(19)30/h2-3,6-11,13,18,26H,4-5,12,14-15H2,1H3. The second kappa shape index (κ2) is 9.69. The number of nitrogens with zero attached hydrogens (tertiary/aromatic N) is 3. The number of hydrogen-bond donors (Lipinski definition) is 1. The number of anilines is 1. The first-order chi connectivity index (χ1) is 16.5. The molecule has 1 unspecified atom stereocenters. The zero-order chi connectivity index (χ0) is 23.7. The summed E-state index contributed by atoms with van der Waals surface area (Å²) in [4.78, 5) is 33.2. The van der Waals surface area contributed by atoms with Gasteiger partial charge < -0.3 is 10.1 Å². The minimum absolute atomic E-state index is 0.0802. The minimum atomic E-state index is -0.246. The number of benzene rings is 1. The molecule has 2 aliphatic rings. The number of carbonyl (C=O) groups is 1. The molecule has 174 valence electrons. The normalized spacial score (nSPS) is 19.5. The van der Waals surface area contributed by atoms with Crippen LogP contribution in [-0.4, -0.2) is 43.8 Å². The number of thioether (sulfide) groups is 1. The number of rotatable bonds is 6. The maximum absolute atomic E-state index is 13.4. The number of pyridine rings is 1. The third-order valence-electron chi connectivity index (χ3n) is 5.90. The smallest absolute Gasteiger partial charge is 0.267 e. The zero-order valence-electron chi connectivity index (χ0n) is 18.7. The summed E-state index contributed by atoms with van der Waals surface area (Å²) in [7, 11) is 0. The van der Waals surface area contributed by atoms with E-state index in [0.29, 0.717) is 39.3 Å². The van der Waals surface area contributed by atoms with Crippen LogP contribution in [0, 0.1) is 6.92 Å². The fourth-order valence-electron chi connectivity index (χ4n) is 4.03. The molecule has 4 heterocycles. The van der Waals surface area contributed by atoms with Gasteiger partial charge in [0.15, 0.2) is 0 Å². The highest BCUT2D eigenvalue weighted by Gasteiger charge is 2.32. The summed E-state index contributed by atoms with van der Waals surface area (Å²) >= 11 is 6.70. The SMILES string of the molecule is Cc1ccc(CN2C(=O)C(=Cc3c(NCC4CCCO4)nc4ccccn4c3=O)SC2=S)cc1. The number of thiocarbonyl (C=S) groups is 1. The summed E-state index contributed by atoms with van der Waals surface area (Å²) in [6.45, 7) is 3.70. The molecule has 2 aromatic heterocycles. The Kier molecular flexibility index (Phi) is 6.49. The minimum Gasteiger partial charge on any atom is -0.376 e. The van der Waals surface area contributed by atoms with E-state index in [0.717, 1.165) is 30.6 Å². The van der Waals surface area contributed by atoms with Crippen LogP contribution in [0.25, 0.3) is 11.7 Å². The van der Waals surface area contributed by atoms with Crippen LogP contribution in [0.2, 0.25) is 0 Å². The van der Waals surface area contributed by atoms with E-state index >= 15 is 0 Å². The number of fused-ring (bicyclic) bond motifs is 1. The topological polar surface area (TPSA) is 75.9 Å². The van der Waals surface area contributed by atoms with E-state index in [4.69, 9.17) is 17.0 Å². The first-order valence-electron chi connectivity index (χ1n) is 11.2. The van der Waals surface area contributed by atoms with Crippen LogP contribution in [0.1, 0.15) is 29.5 Å². The van der Waals surface area contributed by atoms with Crippen molar-refractivity contribution in [3.05, 3.63) is 80.6 Å². The summed E-state index contributed by atoms with van der Waals surface area (Å²) in [6.07, 6.45) is 5.36. The van der Waals surface area contributed by atoms with Gasteiger partial charge in [0.2, 0.25) is 0 Å². The average molecular weight is 493 g/mol. The van der Waals surface area contributed by atoms with Gasteiger partial charge in [-0.3, -0.25) is 18.9 Å². The van der Waals surface area contributed by atoms with Crippen molar-refractivity contribution < 1.29 is 9.53 Å². The predicted molar refractivity (Wildman–Crippen MR) is 139 cm³/mol. The van der Waals surface area contributed by atoms with E-state index < -0.39 is 0 Å². The van der Waals surface area contributed by atoms with Gasteiger partial charge in [0.05, 0.1) is 23.1 Å². The van der Waals surface area contributed by atoms with Gasteiger partial charge in [-0.15, -0.1) is 0 Å². The molecule has 1 atom stereocenters. The number of aryl methyl sites for hydroxylation is 1. The van der Waals surface area contributed by atoms with Crippen LogP contribution in [-0.2, 0) is 16.1 Å². The number of amides is 1. The van der Waals surface area contributed by atoms with Crippen molar-refractivity contribution >= 4 is 51.7 Å². The molecule has 1 aromatic carbocycles. The Hall–Kier alpha value is -3.01. The van der Waals surface area contributed by atoms with Crippen molar-refractivity contribution in [1.29, 1.82) is 0 Å². The highest BCUT2D eigenvalue weighted by atomic mass is 32.2. The molecular weight excluding hydrogens is 468 g/mol. The Morgan fingerprint density at radius 1 is 1.24 bits per heavy atom. The van der Waals surface area contributed by atoms with Gasteiger partial charge in [-0.1, -0.05) is 59.9 Å². The molecule has 3 aromatic rings. The lowest BCUT2D eigenvalue weighted by Gasteiger charge is -2.15. The number of aromatic nitrogens is 2. The van der Waals surface area contributed by atoms with Gasteiger partial charge in [0, 0.05) is 19.3 Å². The molecule has 0 bridgehead atoms. The molecular formula is C25H24N4O3S2. The summed E-state index contributed by atoms with van der Waals surface area (Å²) in [5, 5.41) is 3.28. The first-order valence-corrected chi connectivity index (χ1v) is 12.4. The third kappa shape index (κ3) is 4.64. The lowest BCUT2D eigenvalue weighted by molar-refractivity contribution is -0.122. The molecule has 9 heteroatoms. The number of carbonyl (C=O) groups excluding carboxylic acids is 1. The average Bonchev–Trinajstić information content (AvgIpc) is 3.45. The van der Waals surface area contributed by atoms with Gasteiger partial charge in [-0.05, 0) is 43.5 Å². The lowest BCUT2D eigenvalue weighted by atomic mass is 10.1. The van der Waals surface area contributed by atoms with Crippen molar-refractivity contribution in [2.45, 2.75) is 32.4 Å². The van der Waals surface area contributed by atoms with Crippen molar-refractivity contribution in [3.8, 4) is 0 Å². The molecule has 34 heavy (non-hydrogen) atoms. The van der Waals surface area contributed by atoms with Gasteiger partial charge in [0.25, 0.3) is 11.5 Å². The van der Waals surface area contributed by atoms with Gasteiger partial charge in [0.1, 0.15) is 15.8 Å². The summed E-state index contributed by atoms with van der Waals surface area (Å²) in [5.41, 5.74) is 2.77. The molecule has 0 spiro atoms. The second-order valence-corrected chi connectivity index (χ2v) is 10.1. The Morgan fingerprint density at radius 2 is 2.06 bits per heavy atom. The zero-order valence-corrected chi connectivity index (χ0v) is 20.3. The van der Waals surface area contributed by atoms with E-state index in [1.54, 1.807) is 29.3 Å². The van der Waals surface area contributed by atoms with Crippen LogP contribution in [0.15, 0.2) is 58.4 Å². The predicted octanol–water partition coefficient (Wildman–Crippen LogP) is 4.00. The quantitative estimate of drug-likeness (QED) is 0.412. The van der Waals surface area contributed by atoms with Gasteiger partial charge >= 0.3 is 0 Å². The van der Waals surface area contributed by atoms with Crippen LogP contribution < -0.4 is 10.9 Å². The number of ether oxygens (including phenoxy) is 1. The van der Waals surface area contributed by atoms with Crippen molar-refractivity contribution in [2.24, 2.45) is 0 Å². The van der Waals surface area contributed by atoms with Crippen LogP contribution in [0.3, 0.4) is 0 Å². The van der Waals surface area contributed by atoms with E-state index in [-0.39, 0.29) is 17.6 Å². The molecule has 2 fully saturated rings. The number of hydrogen-bond acceptors (Lipinski definition) is 7. The molecule has 1 amide bonds. The van der Waals surface area contributed by atoms with E-state index in [1.807, 2.05) is 37.3 Å². The molecule has 7 nitrogen and oxygen atoms in total. The van der Waals surface area contributed by atoms with Crippen LogP contribution in [0.4, 0.5) is 5.82 Å². The summed E-state index contributed by atoms with van der Waals surface area (Å²) in [6, 6.07) is 13.4. The molecule has 0 radical (unpaired) electrons. The van der Waals surface area contributed by atoms with E-state index in [2.05, 4.69) is 10.3 Å². The maximum Gasteiger partial charge on any atom is 0.267 e. The molecule has 0 saturated carbocycles. The number of nitrogens with one attached hydrogen (secondary N) is 1. The monoisotopic (exact) mass is 492 g/mol. The Labute approximate surface area is 206 Å². The van der Waals surface area contributed by atoms with Crippen LogP contribution >= 0.6 is 24.0 Å². The molecule has 0 aliphatic carbocycles. The maximum atomic E-state index is 13.4. The van der Waals surface area contributed by atoms with Crippen molar-refractivity contribution in [3.63, 3.8) is 0 Å². The van der Waals surface area contributed by atoms with E-state index in [9.17, 15) is 9.59 Å². The first kappa shape index (κ1) is 22.8. The van der Waals surface area contributed by atoms with Crippen molar-refractivity contribution in [1.82, 2.24) is 14.3 Å². The summed E-state index contributed by atoms with van der Waals surface area (Å²) in [5.74, 6) is 0.230. The van der Waals surface area contributed by atoms with Crippen LogP contribution in [0.5, 0.6) is 0 Å². The highest BCUT2D eigenvalue weighted by molar-refractivity contribution is 8.26. The highest BCUT2D eigenvalue weighted by Crippen LogP contribution is 2.34. The van der Waals surface area contributed by atoms with Gasteiger partial charge in [-0.25, -0.2) is 4.98 Å². The Bertz CT molecular complexity index is 1340. The van der Waals surface area contributed by atoms with Crippen molar-refractivity contribution in [2.75, 3.05) is 18.5 Å². The molecule has 1 N–H and O–H groups in total. The van der Waals surface area contributed by atoms with E-state index in [1.165, 1.54) is 16.2 Å². The summed E-state index contributed by atoms with van der Waals surface area (Å²) < 4.78 is 7.66. The molecule has 2 aliphatic heterocycles. The fraction of sp³-hybridized carbons (Fsp3) is 0.280. The molecule has 5 rings (SSSR count). The Balaban J connectivity index is 1.48. The fourth-order valence-corrected chi connectivity index (χ4v) is 5.26. The molecule has 2 saturated heterocycles. The Morgan fingerprint density at radius 3 is 2.82 bits per heavy atom. The third-order valence-corrected chi connectivity index (χ3v) is 7.28. The van der Waals surface area contributed by atoms with Gasteiger partial charge in [-0.2, -0.15) is 0 Å².